The third kappa shape index (κ3) is 3.98. The van der Waals surface area contributed by atoms with E-state index >= 15 is 0 Å². The summed E-state index contributed by atoms with van der Waals surface area (Å²) in [5, 5.41) is 4.45. The molecule has 7 heteroatoms. The summed E-state index contributed by atoms with van der Waals surface area (Å²) in [7, 11) is 0. The lowest BCUT2D eigenvalue weighted by Crippen LogP contribution is -2.22. The van der Waals surface area contributed by atoms with Crippen molar-refractivity contribution in [1.82, 2.24) is 10.3 Å². The van der Waals surface area contributed by atoms with Crippen LogP contribution in [-0.4, -0.2) is 42.3 Å². The minimum atomic E-state index is -0.805. The SMILES string of the molecule is C=C(/C=C(\N=CN)C1=NNC2=CC=C(OC(C)C)CC21)N1CC[C@@H](F)C1. The fourth-order valence-corrected chi connectivity index (χ4v) is 3.35. The first-order chi connectivity index (χ1) is 12.5. The van der Waals surface area contributed by atoms with Gasteiger partial charge in [0, 0.05) is 30.9 Å². The second-order valence-corrected chi connectivity index (χ2v) is 6.92. The van der Waals surface area contributed by atoms with Crippen molar-refractivity contribution >= 4 is 12.1 Å². The number of hydrazone groups is 1. The number of fused-ring (bicyclic) bond motifs is 1. The largest absolute Gasteiger partial charge is 0.495 e. The molecule has 26 heavy (non-hydrogen) atoms. The fourth-order valence-electron chi connectivity index (χ4n) is 3.35. The van der Waals surface area contributed by atoms with Crippen LogP contribution in [0.2, 0.25) is 0 Å². The molecule has 0 aromatic heterocycles. The molecule has 0 bridgehead atoms. The van der Waals surface area contributed by atoms with E-state index in [1.807, 2.05) is 37.0 Å². The Balaban J connectivity index is 1.79. The average molecular weight is 359 g/mol. The summed E-state index contributed by atoms with van der Waals surface area (Å²) in [5.74, 6) is 0.948. The van der Waals surface area contributed by atoms with Crippen LogP contribution in [0.4, 0.5) is 4.39 Å². The lowest BCUT2D eigenvalue weighted by molar-refractivity contribution is 0.136. The Morgan fingerprint density at radius 1 is 1.54 bits per heavy atom. The highest BCUT2D eigenvalue weighted by molar-refractivity contribution is 6.05. The van der Waals surface area contributed by atoms with Crippen LogP contribution in [0.3, 0.4) is 0 Å². The highest BCUT2D eigenvalue weighted by atomic mass is 19.1. The molecule has 2 heterocycles. The number of allylic oxidation sites excluding steroid dienone is 6. The lowest BCUT2D eigenvalue weighted by Gasteiger charge is -2.22. The molecule has 3 aliphatic rings. The van der Waals surface area contributed by atoms with E-state index in [0.717, 1.165) is 22.9 Å². The molecule has 6 nitrogen and oxygen atoms in total. The molecule has 140 valence electrons. The molecule has 0 amide bonds. The van der Waals surface area contributed by atoms with Gasteiger partial charge in [0.1, 0.15) is 6.17 Å². The lowest BCUT2D eigenvalue weighted by atomic mass is 9.90. The zero-order chi connectivity index (χ0) is 18.7. The molecule has 1 fully saturated rings. The summed E-state index contributed by atoms with van der Waals surface area (Å²) in [6, 6.07) is 0. The summed E-state index contributed by atoms with van der Waals surface area (Å²) < 4.78 is 19.3. The molecule has 0 aromatic rings. The van der Waals surface area contributed by atoms with Crippen molar-refractivity contribution in [3.05, 3.63) is 47.7 Å². The number of hydrogen-bond donors (Lipinski definition) is 2. The number of hydrogen-bond acceptors (Lipinski definition) is 5. The average Bonchev–Trinajstić information content (AvgIpc) is 3.20. The topological polar surface area (TPSA) is 75.2 Å². The summed E-state index contributed by atoms with van der Waals surface area (Å²) in [5.41, 5.74) is 11.7. The molecule has 0 saturated carbocycles. The zero-order valence-corrected chi connectivity index (χ0v) is 15.3. The van der Waals surface area contributed by atoms with Gasteiger partial charge in [-0.15, -0.1) is 0 Å². The van der Waals surface area contributed by atoms with E-state index in [4.69, 9.17) is 10.5 Å². The van der Waals surface area contributed by atoms with Gasteiger partial charge < -0.3 is 15.4 Å². The van der Waals surface area contributed by atoms with Crippen LogP contribution in [0.5, 0.6) is 0 Å². The third-order valence-electron chi connectivity index (χ3n) is 4.57. The van der Waals surface area contributed by atoms with E-state index in [0.29, 0.717) is 31.6 Å². The third-order valence-corrected chi connectivity index (χ3v) is 4.57. The second kappa shape index (κ2) is 7.76. The van der Waals surface area contributed by atoms with E-state index in [2.05, 4.69) is 22.1 Å². The van der Waals surface area contributed by atoms with Gasteiger partial charge in [0.2, 0.25) is 0 Å². The maximum Gasteiger partial charge on any atom is 0.119 e. The van der Waals surface area contributed by atoms with Crippen LogP contribution >= 0.6 is 0 Å². The summed E-state index contributed by atoms with van der Waals surface area (Å²) in [6.07, 6.45) is 7.57. The highest BCUT2D eigenvalue weighted by Gasteiger charge is 2.33. The molecule has 2 aliphatic heterocycles. The van der Waals surface area contributed by atoms with Gasteiger partial charge in [-0.1, -0.05) is 6.58 Å². The minimum absolute atomic E-state index is 0.0315. The van der Waals surface area contributed by atoms with Crippen molar-refractivity contribution in [1.29, 1.82) is 0 Å². The predicted molar refractivity (Wildman–Crippen MR) is 102 cm³/mol. The number of halogens is 1. The Kier molecular flexibility index (Phi) is 5.44. The van der Waals surface area contributed by atoms with E-state index in [1.54, 1.807) is 0 Å². The van der Waals surface area contributed by atoms with Crippen molar-refractivity contribution in [2.75, 3.05) is 13.1 Å². The van der Waals surface area contributed by atoms with Gasteiger partial charge in [0.25, 0.3) is 0 Å². The van der Waals surface area contributed by atoms with E-state index in [-0.39, 0.29) is 12.0 Å². The van der Waals surface area contributed by atoms with Crippen LogP contribution in [0.1, 0.15) is 26.7 Å². The standard InChI is InChI=1S/C19H26FN5O/c1-12(2)26-15-4-5-17-16(9-15)19(24-23-17)18(22-11-21)8-13(3)25-7-6-14(20)10-25/h4-5,8,11-12,14,16,23H,3,6-7,9-10H2,1-2H3,(H2,21,22)/b18-8-/t14-,16?/m1/s1. The van der Waals surface area contributed by atoms with Gasteiger partial charge in [-0.3, -0.25) is 5.43 Å². The Hall–Kier alpha value is -2.57. The van der Waals surface area contributed by atoms with Crippen LogP contribution in [0.15, 0.2) is 57.8 Å². The summed E-state index contributed by atoms with van der Waals surface area (Å²) in [4.78, 5) is 6.21. The van der Waals surface area contributed by atoms with Crippen LogP contribution in [-0.2, 0) is 4.74 Å². The van der Waals surface area contributed by atoms with E-state index in [1.165, 1.54) is 6.34 Å². The molecule has 1 unspecified atom stereocenters. The highest BCUT2D eigenvalue weighted by Crippen LogP contribution is 2.33. The first-order valence-corrected chi connectivity index (χ1v) is 8.93. The predicted octanol–water partition coefficient (Wildman–Crippen LogP) is 2.59. The second-order valence-electron chi connectivity index (χ2n) is 6.92. The number of nitrogens with two attached hydrogens (primary N) is 1. The van der Waals surface area contributed by atoms with Crippen molar-refractivity contribution in [2.45, 2.75) is 39.0 Å². The number of ether oxygens (including phenoxy) is 1. The van der Waals surface area contributed by atoms with Gasteiger partial charge in [-0.25, -0.2) is 9.38 Å². The van der Waals surface area contributed by atoms with Crippen LogP contribution < -0.4 is 11.2 Å². The number of likely N-dealkylation sites (tertiary alicyclic amines) is 1. The molecule has 0 spiro atoms. The van der Waals surface area contributed by atoms with E-state index in [9.17, 15) is 4.39 Å². The smallest absolute Gasteiger partial charge is 0.119 e. The summed E-state index contributed by atoms with van der Waals surface area (Å²) in [6.45, 7) is 9.10. The monoisotopic (exact) mass is 359 g/mol. The van der Waals surface area contributed by atoms with Gasteiger partial charge in [-0.05, 0) is 38.5 Å². The first kappa shape index (κ1) is 18.2. The molecular weight excluding hydrogens is 333 g/mol. The van der Waals surface area contributed by atoms with Crippen LogP contribution in [0.25, 0.3) is 0 Å². The summed E-state index contributed by atoms with van der Waals surface area (Å²) >= 11 is 0. The quantitative estimate of drug-likeness (QED) is 0.434. The number of nitrogens with one attached hydrogen (secondary N) is 1. The maximum absolute atomic E-state index is 13.5. The molecule has 3 rings (SSSR count). The van der Waals surface area contributed by atoms with Gasteiger partial charge in [-0.2, -0.15) is 5.10 Å². The molecule has 1 aliphatic carbocycles. The number of rotatable bonds is 6. The normalized spacial score (nSPS) is 25.8. The molecule has 0 radical (unpaired) electrons. The maximum atomic E-state index is 13.5. The fraction of sp³-hybridized carbons (Fsp3) is 0.474. The first-order valence-electron chi connectivity index (χ1n) is 8.93. The van der Waals surface area contributed by atoms with Gasteiger partial charge in [0.15, 0.2) is 0 Å². The molecule has 3 N–H and O–H groups in total. The van der Waals surface area contributed by atoms with Crippen LogP contribution in [0, 0.1) is 5.92 Å². The van der Waals surface area contributed by atoms with Crippen molar-refractivity contribution in [3.63, 3.8) is 0 Å². The van der Waals surface area contributed by atoms with E-state index < -0.39 is 6.17 Å². The molecule has 1 saturated heterocycles. The Morgan fingerprint density at radius 3 is 3.00 bits per heavy atom. The number of nitrogens with zero attached hydrogens (tertiary/aromatic N) is 3. The van der Waals surface area contributed by atoms with Crippen molar-refractivity contribution < 1.29 is 9.13 Å². The number of aliphatic imine (C=N–C) groups is 1. The van der Waals surface area contributed by atoms with Gasteiger partial charge >= 0.3 is 0 Å². The minimum Gasteiger partial charge on any atom is -0.495 e. The molecule has 2 atom stereocenters. The molecule has 0 aromatic carbocycles. The van der Waals surface area contributed by atoms with Crippen molar-refractivity contribution in [2.24, 2.45) is 21.7 Å². The Morgan fingerprint density at radius 2 is 2.35 bits per heavy atom. The number of alkyl halides is 1. The Labute approximate surface area is 153 Å². The molecular formula is C19H26FN5O. The van der Waals surface area contributed by atoms with Gasteiger partial charge in [0.05, 0.1) is 35.5 Å². The zero-order valence-electron chi connectivity index (χ0n) is 15.3. The van der Waals surface area contributed by atoms with Crippen molar-refractivity contribution in [3.8, 4) is 0 Å². The Bertz CT molecular complexity index is 719.